The van der Waals surface area contributed by atoms with Gasteiger partial charge in [-0.05, 0) is 31.5 Å². The largest absolute Gasteiger partial charge is 0.384 e. The van der Waals surface area contributed by atoms with E-state index in [1.165, 1.54) is 13.0 Å². The molecule has 0 radical (unpaired) electrons. The Hall–Kier alpha value is -1.42. The van der Waals surface area contributed by atoms with Crippen LogP contribution in [0.5, 0.6) is 0 Å². The van der Waals surface area contributed by atoms with Gasteiger partial charge in [-0.15, -0.1) is 0 Å². The van der Waals surface area contributed by atoms with Crippen molar-refractivity contribution in [3.05, 3.63) is 29.6 Å². The number of hydrogen-bond donors (Lipinski definition) is 0. The Kier molecular flexibility index (Phi) is 3.97. The van der Waals surface area contributed by atoms with Crippen molar-refractivity contribution >= 4 is 11.5 Å². The molecule has 1 aromatic carbocycles. The normalized spacial score (nSPS) is 19.3. The number of halogens is 1. The Morgan fingerprint density at radius 3 is 2.94 bits per heavy atom. The van der Waals surface area contributed by atoms with E-state index in [0.717, 1.165) is 19.5 Å². The zero-order chi connectivity index (χ0) is 13.1. The molecule has 0 aliphatic carbocycles. The minimum atomic E-state index is -0.319. The van der Waals surface area contributed by atoms with Crippen molar-refractivity contribution in [2.75, 3.05) is 31.7 Å². The summed E-state index contributed by atoms with van der Waals surface area (Å²) >= 11 is 0. The summed E-state index contributed by atoms with van der Waals surface area (Å²) in [6, 6.07) is 4.70. The maximum Gasteiger partial charge on any atom is 0.159 e. The lowest BCUT2D eigenvalue weighted by Crippen LogP contribution is -2.22. The topological polar surface area (TPSA) is 29.5 Å². The molecule has 2 rings (SSSR count). The molecule has 0 bridgehead atoms. The van der Waals surface area contributed by atoms with Crippen LogP contribution in [-0.2, 0) is 4.74 Å². The minimum absolute atomic E-state index is 0.112. The van der Waals surface area contributed by atoms with Gasteiger partial charge in [0.05, 0.1) is 12.3 Å². The molecule has 3 nitrogen and oxygen atoms in total. The number of nitrogens with zero attached hydrogens (tertiary/aromatic N) is 1. The molecule has 1 fully saturated rings. The van der Waals surface area contributed by atoms with E-state index >= 15 is 0 Å². The van der Waals surface area contributed by atoms with Gasteiger partial charge in [0.2, 0.25) is 0 Å². The highest BCUT2D eigenvalue weighted by Gasteiger charge is 2.24. The van der Waals surface area contributed by atoms with Crippen LogP contribution in [0, 0.1) is 11.7 Å². The number of ketones is 1. The van der Waals surface area contributed by atoms with E-state index in [4.69, 9.17) is 4.74 Å². The lowest BCUT2D eigenvalue weighted by atomic mass is 10.1. The number of hydrogen-bond acceptors (Lipinski definition) is 3. The molecule has 1 unspecified atom stereocenters. The molecule has 4 heteroatoms. The van der Waals surface area contributed by atoms with Crippen LogP contribution >= 0.6 is 0 Å². The second-order valence-electron chi connectivity index (χ2n) is 4.78. The molecule has 18 heavy (non-hydrogen) atoms. The Labute approximate surface area is 107 Å². The third-order valence-electron chi connectivity index (χ3n) is 3.38. The Morgan fingerprint density at radius 1 is 1.56 bits per heavy atom. The number of rotatable bonds is 4. The number of methoxy groups -OCH3 is 1. The molecule has 98 valence electrons. The van der Waals surface area contributed by atoms with E-state index in [2.05, 4.69) is 0 Å². The molecule has 0 aromatic heterocycles. The first-order valence-electron chi connectivity index (χ1n) is 6.16. The van der Waals surface area contributed by atoms with Crippen LogP contribution in [0.3, 0.4) is 0 Å². The summed E-state index contributed by atoms with van der Waals surface area (Å²) < 4.78 is 19.1. The summed E-state index contributed by atoms with van der Waals surface area (Å²) in [5.41, 5.74) is 1.00. The summed E-state index contributed by atoms with van der Waals surface area (Å²) in [6.45, 7) is 3.80. The molecular formula is C14H18FNO2. The predicted molar refractivity (Wildman–Crippen MR) is 68.6 cm³/mol. The molecule has 1 aliphatic heterocycles. The van der Waals surface area contributed by atoms with Crippen LogP contribution in [0.2, 0.25) is 0 Å². The average Bonchev–Trinajstić information content (AvgIpc) is 2.77. The first-order chi connectivity index (χ1) is 8.61. The third-order valence-corrected chi connectivity index (χ3v) is 3.38. The highest BCUT2D eigenvalue weighted by molar-refractivity contribution is 5.94. The lowest BCUT2D eigenvalue weighted by molar-refractivity contribution is 0.101. The lowest BCUT2D eigenvalue weighted by Gasteiger charge is -2.19. The minimum Gasteiger partial charge on any atom is -0.384 e. The molecule has 1 heterocycles. The maximum absolute atomic E-state index is 14.0. The molecule has 1 aliphatic rings. The van der Waals surface area contributed by atoms with E-state index in [1.54, 1.807) is 19.2 Å². The number of carbonyl (C=O) groups is 1. The van der Waals surface area contributed by atoms with Crippen molar-refractivity contribution in [1.82, 2.24) is 0 Å². The molecule has 0 N–H and O–H groups in total. The average molecular weight is 251 g/mol. The maximum atomic E-state index is 14.0. The monoisotopic (exact) mass is 251 g/mol. The summed E-state index contributed by atoms with van der Waals surface area (Å²) in [5.74, 6) is 0.0294. The first-order valence-corrected chi connectivity index (χ1v) is 6.16. The number of benzene rings is 1. The molecule has 0 spiro atoms. The van der Waals surface area contributed by atoms with Gasteiger partial charge in [-0.1, -0.05) is 0 Å². The molecule has 0 amide bonds. The summed E-state index contributed by atoms with van der Waals surface area (Å²) in [5, 5.41) is 0. The number of carbonyl (C=O) groups excluding carboxylic acids is 1. The number of anilines is 1. The van der Waals surface area contributed by atoms with Gasteiger partial charge < -0.3 is 9.64 Å². The van der Waals surface area contributed by atoms with Gasteiger partial charge in [-0.3, -0.25) is 4.79 Å². The highest BCUT2D eigenvalue weighted by Crippen LogP contribution is 2.27. The van der Waals surface area contributed by atoms with Gasteiger partial charge in [-0.2, -0.15) is 0 Å². The summed E-state index contributed by atoms with van der Waals surface area (Å²) in [6.07, 6.45) is 1.02. The van der Waals surface area contributed by atoms with Crippen LogP contribution in [0.15, 0.2) is 18.2 Å². The summed E-state index contributed by atoms with van der Waals surface area (Å²) in [7, 11) is 1.69. The standard InChI is InChI=1S/C14H18FNO2/c1-10(17)12-3-4-14(13(15)7-12)16-6-5-11(8-16)9-18-2/h3-4,7,11H,5-6,8-9H2,1-2H3. The van der Waals surface area contributed by atoms with Gasteiger partial charge in [0.15, 0.2) is 5.78 Å². The fourth-order valence-electron chi connectivity index (χ4n) is 2.41. The van der Waals surface area contributed by atoms with E-state index in [9.17, 15) is 9.18 Å². The van der Waals surface area contributed by atoms with Crippen molar-refractivity contribution < 1.29 is 13.9 Å². The Morgan fingerprint density at radius 2 is 2.33 bits per heavy atom. The molecule has 1 aromatic rings. The first kappa shape index (κ1) is 13.0. The Balaban J connectivity index is 2.12. The van der Waals surface area contributed by atoms with Crippen molar-refractivity contribution in [2.45, 2.75) is 13.3 Å². The molecule has 1 atom stereocenters. The van der Waals surface area contributed by atoms with Crippen molar-refractivity contribution in [3.8, 4) is 0 Å². The SMILES string of the molecule is COCC1CCN(c2ccc(C(C)=O)cc2F)C1. The van der Waals surface area contributed by atoms with Crippen LogP contribution in [0.1, 0.15) is 23.7 Å². The van der Waals surface area contributed by atoms with Gasteiger partial charge in [-0.25, -0.2) is 4.39 Å². The fraction of sp³-hybridized carbons (Fsp3) is 0.500. The zero-order valence-corrected chi connectivity index (χ0v) is 10.8. The zero-order valence-electron chi connectivity index (χ0n) is 10.8. The van der Waals surface area contributed by atoms with Crippen molar-refractivity contribution in [3.63, 3.8) is 0 Å². The van der Waals surface area contributed by atoms with E-state index < -0.39 is 0 Å². The third kappa shape index (κ3) is 2.70. The van der Waals surface area contributed by atoms with Gasteiger partial charge in [0.1, 0.15) is 5.82 Å². The van der Waals surface area contributed by atoms with E-state index in [0.29, 0.717) is 23.8 Å². The highest BCUT2D eigenvalue weighted by atomic mass is 19.1. The van der Waals surface area contributed by atoms with Crippen LogP contribution < -0.4 is 4.90 Å². The molecule has 1 saturated heterocycles. The second kappa shape index (κ2) is 5.48. The van der Waals surface area contributed by atoms with Gasteiger partial charge >= 0.3 is 0 Å². The smallest absolute Gasteiger partial charge is 0.159 e. The molecule has 0 saturated carbocycles. The molecular weight excluding hydrogens is 233 g/mol. The van der Waals surface area contributed by atoms with Crippen LogP contribution in [0.25, 0.3) is 0 Å². The second-order valence-corrected chi connectivity index (χ2v) is 4.78. The van der Waals surface area contributed by atoms with Gasteiger partial charge in [0.25, 0.3) is 0 Å². The van der Waals surface area contributed by atoms with Crippen molar-refractivity contribution in [1.29, 1.82) is 0 Å². The number of ether oxygens (including phenoxy) is 1. The van der Waals surface area contributed by atoms with Crippen molar-refractivity contribution in [2.24, 2.45) is 5.92 Å². The fourth-order valence-corrected chi connectivity index (χ4v) is 2.41. The van der Waals surface area contributed by atoms with Crippen LogP contribution in [-0.4, -0.2) is 32.6 Å². The predicted octanol–water partition coefficient (Wildman–Crippen LogP) is 2.50. The van der Waals surface area contributed by atoms with E-state index in [1.807, 2.05) is 4.90 Å². The Bertz CT molecular complexity index is 447. The summed E-state index contributed by atoms with van der Waals surface area (Å²) in [4.78, 5) is 13.2. The number of Topliss-reactive ketones (excluding diaryl/α,β-unsaturated/α-hetero) is 1. The quantitative estimate of drug-likeness (QED) is 0.770. The van der Waals surface area contributed by atoms with E-state index in [-0.39, 0.29) is 11.6 Å². The van der Waals surface area contributed by atoms with Gasteiger partial charge in [0, 0.05) is 31.7 Å². The van der Waals surface area contributed by atoms with Crippen LogP contribution in [0.4, 0.5) is 10.1 Å².